The predicted octanol–water partition coefficient (Wildman–Crippen LogP) is 5.92. The van der Waals surface area contributed by atoms with Gasteiger partial charge in [-0.15, -0.1) is 0 Å². The normalized spacial score (nSPS) is 11.6. The largest absolute Gasteiger partial charge is 0.481 e. The SMILES string of the molecule is COc1nc2c(cc1-c1c(C)noc1C)[nH]c1nc(C)nc(-c3cc(C)c(C(=O)O)c4ccccc34)c12. The van der Waals surface area contributed by atoms with E-state index in [1.54, 1.807) is 14.0 Å². The lowest BCUT2D eigenvalue weighted by Crippen LogP contribution is -2.03. The lowest BCUT2D eigenvalue weighted by atomic mass is 9.92. The zero-order chi connectivity index (χ0) is 26.0. The molecule has 0 fully saturated rings. The van der Waals surface area contributed by atoms with Gasteiger partial charge in [-0.3, -0.25) is 0 Å². The Bertz CT molecular complexity index is 1880. The maximum atomic E-state index is 12.1. The molecule has 4 aromatic heterocycles. The van der Waals surface area contributed by atoms with Crippen molar-refractivity contribution >= 4 is 38.8 Å². The van der Waals surface area contributed by atoms with Gasteiger partial charge >= 0.3 is 5.97 Å². The molecule has 184 valence electrons. The third kappa shape index (κ3) is 3.35. The van der Waals surface area contributed by atoms with Crippen LogP contribution >= 0.6 is 0 Å². The zero-order valence-corrected chi connectivity index (χ0v) is 20.9. The van der Waals surface area contributed by atoms with E-state index >= 15 is 0 Å². The molecule has 6 rings (SSSR count). The number of H-pyrrole nitrogens is 1. The van der Waals surface area contributed by atoms with Gasteiger partial charge in [0.25, 0.3) is 0 Å². The number of nitrogens with zero attached hydrogens (tertiary/aromatic N) is 4. The molecule has 0 saturated carbocycles. The molecule has 0 aliphatic heterocycles. The van der Waals surface area contributed by atoms with Crippen LogP contribution in [0, 0.1) is 27.7 Å². The van der Waals surface area contributed by atoms with Gasteiger partial charge < -0.3 is 19.4 Å². The van der Waals surface area contributed by atoms with Gasteiger partial charge in [0.2, 0.25) is 5.88 Å². The Morgan fingerprint density at radius 1 is 1.00 bits per heavy atom. The standard InChI is InChI=1S/C28H23N5O4/c1-12-10-18(16-8-6-7-9-17(16)21(12)28(34)35)24-23-25-20(31-26(23)30-15(4)29-24)11-19(27(32-25)36-5)22-13(2)33-37-14(22)3/h6-11H,1-5H3,(H,34,35)(H,29,30,31). The van der Waals surface area contributed by atoms with E-state index in [4.69, 9.17) is 19.2 Å². The van der Waals surface area contributed by atoms with Crippen LogP contribution in [-0.2, 0) is 0 Å². The van der Waals surface area contributed by atoms with Crippen molar-refractivity contribution in [3.05, 3.63) is 64.8 Å². The van der Waals surface area contributed by atoms with Gasteiger partial charge in [-0.25, -0.2) is 19.7 Å². The number of carboxylic acids is 1. The first-order valence-electron chi connectivity index (χ1n) is 11.7. The summed E-state index contributed by atoms with van der Waals surface area (Å²) in [4.78, 5) is 29.8. The van der Waals surface area contributed by atoms with Gasteiger partial charge in [0.05, 0.1) is 46.1 Å². The Kier molecular flexibility index (Phi) is 4.98. The number of benzene rings is 2. The van der Waals surface area contributed by atoms with E-state index in [0.29, 0.717) is 45.3 Å². The molecule has 0 saturated heterocycles. The van der Waals surface area contributed by atoms with Crippen molar-refractivity contribution in [3.8, 4) is 28.3 Å². The van der Waals surface area contributed by atoms with E-state index in [-0.39, 0.29) is 5.56 Å². The smallest absolute Gasteiger partial charge is 0.336 e. The summed E-state index contributed by atoms with van der Waals surface area (Å²) in [6.07, 6.45) is 0. The highest BCUT2D eigenvalue weighted by molar-refractivity contribution is 6.16. The minimum atomic E-state index is -0.963. The van der Waals surface area contributed by atoms with Gasteiger partial charge in [0.15, 0.2) is 0 Å². The second-order valence-corrected chi connectivity index (χ2v) is 9.08. The van der Waals surface area contributed by atoms with Crippen LogP contribution in [0.25, 0.3) is 55.2 Å². The van der Waals surface area contributed by atoms with Crippen LogP contribution in [0.3, 0.4) is 0 Å². The first-order chi connectivity index (χ1) is 17.8. The van der Waals surface area contributed by atoms with Crippen LogP contribution in [0.2, 0.25) is 0 Å². The fraction of sp³-hybridized carbons (Fsp3) is 0.179. The highest BCUT2D eigenvalue weighted by Gasteiger charge is 2.24. The molecule has 6 aromatic rings. The minimum absolute atomic E-state index is 0.282. The number of aryl methyl sites for hydroxylation is 4. The third-order valence-electron chi connectivity index (χ3n) is 6.71. The van der Waals surface area contributed by atoms with E-state index < -0.39 is 5.97 Å². The molecule has 0 spiro atoms. The van der Waals surface area contributed by atoms with Gasteiger partial charge in [0.1, 0.15) is 22.7 Å². The highest BCUT2D eigenvalue weighted by Crippen LogP contribution is 2.41. The number of rotatable bonds is 4. The number of aromatic nitrogens is 5. The second kappa shape index (κ2) is 8.12. The van der Waals surface area contributed by atoms with Crippen LogP contribution < -0.4 is 4.74 Å². The molecular formula is C28H23N5O4. The Morgan fingerprint density at radius 3 is 2.43 bits per heavy atom. The van der Waals surface area contributed by atoms with Crippen molar-refractivity contribution in [1.82, 2.24) is 25.1 Å². The fourth-order valence-electron chi connectivity index (χ4n) is 5.19. The topological polar surface area (TPSA) is 127 Å². The fourth-order valence-corrected chi connectivity index (χ4v) is 5.19. The van der Waals surface area contributed by atoms with Crippen molar-refractivity contribution in [2.24, 2.45) is 0 Å². The summed E-state index contributed by atoms with van der Waals surface area (Å²) in [5.41, 5.74) is 6.79. The first-order valence-corrected chi connectivity index (χ1v) is 11.7. The van der Waals surface area contributed by atoms with Gasteiger partial charge in [-0.1, -0.05) is 29.4 Å². The number of nitrogens with one attached hydrogen (secondary N) is 1. The Labute approximate surface area is 211 Å². The molecule has 0 aliphatic rings. The van der Waals surface area contributed by atoms with E-state index in [1.165, 1.54) is 0 Å². The molecule has 9 heteroatoms. The average molecular weight is 494 g/mol. The third-order valence-corrected chi connectivity index (χ3v) is 6.71. The van der Waals surface area contributed by atoms with Gasteiger partial charge in [0, 0.05) is 5.56 Å². The van der Waals surface area contributed by atoms with Gasteiger partial charge in [-0.2, -0.15) is 0 Å². The minimum Gasteiger partial charge on any atom is -0.481 e. The molecule has 0 unspecified atom stereocenters. The van der Waals surface area contributed by atoms with E-state index in [1.807, 2.05) is 57.2 Å². The molecule has 2 aromatic carbocycles. The maximum absolute atomic E-state index is 12.1. The van der Waals surface area contributed by atoms with Crippen molar-refractivity contribution < 1.29 is 19.2 Å². The molecule has 4 heterocycles. The number of hydrogen-bond donors (Lipinski definition) is 2. The Morgan fingerprint density at radius 2 is 1.76 bits per heavy atom. The molecular weight excluding hydrogens is 470 g/mol. The number of aromatic amines is 1. The Balaban J connectivity index is 1.72. The molecule has 37 heavy (non-hydrogen) atoms. The molecule has 0 radical (unpaired) electrons. The number of carbonyl (C=O) groups is 1. The van der Waals surface area contributed by atoms with E-state index in [2.05, 4.69) is 15.1 Å². The monoisotopic (exact) mass is 493 g/mol. The summed E-state index contributed by atoms with van der Waals surface area (Å²) in [5.74, 6) is 0.715. The average Bonchev–Trinajstić information content (AvgIpc) is 3.39. The molecule has 9 nitrogen and oxygen atoms in total. The van der Waals surface area contributed by atoms with Crippen LogP contribution in [0.5, 0.6) is 5.88 Å². The molecule has 0 amide bonds. The predicted molar refractivity (Wildman–Crippen MR) is 140 cm³/mol. The van der Waals surface area contributed by atoms with Crippen LogP contribution in [-0.4, -0.2) is 43.3 Å². The van der Waals surface area contributed by atoms with Crippen molar-refractivity contribution in [3.63, 3.8) is 0 Å². The lowest BCUT2D eigenvalue weighted by molar-refractivity contribution is 0.0698. The Hall–Kier alpha value is -4.79. The summed E-state index contributed by atoms with van der Waals surface area (Å²) in [5, 5.41) is 16.1. The number of fused-ring (bicyclic) bond motifs is 4. The summed E-state index contributed by atoms with van der Waals surface area (Å²) < 4.78 is 11.1. The number of carboxylic acid groups (broad SMARTS) is 1. The second-order valence-electron chi connectivity index (χ2n) is 9.08. The molecule has 0 bridgehead atoms. The number of methoxy groups -OCH3 is 1. The van der Waals surface area contributed by atoms with Crippen molar-refractivity contribution in [2.45, 2.75) is 27.7 Å². The molecule has 0 aliphatic carbocycles. The summed E-state index contributed by atoms with van der Waals surface area (Å²) in [6, 6.07) is 11.3. The van der Waals surface area contributed by atoms with E-state index in [0.717, 1.165) is 38.7 Å². The highest BCUT2D eigenvalue weighted by atomic mass is 16.5. The van der Waals surface area contributed by atoms with Crippen molar-refractivity contribution in [1.29, 1.82) is 0 Å². The first kappa shape index (κ1) is 22.7. The summed E-state index contributed by atoms with van der Waals surface area (Å²) in [6.45, 7) is 7.36. The van der Waals surface area contributed by atoms with Crippen LogP contribution in [0.15, 0.2) is 40.9 Å². The van der Waals surface area contributed by atoms with Crippen LogP contribution in [0.4, 0.5) is 0 Å². The lowest BCUT2D eigenvalue weighted by Gasteiger charge is -2.13. The van der Waals surface area contributed by atoms with Crippen molar-refractivity contribution in [2.75, 3.05) is 7.11 Å². The van der Waals surface area contributed by atoms with Gasteiger partial charge in [-0.05, 0) is 56.2 Å². The molecule has 2 N–H and O–H groups in total. The van der Waals surface area contributed by atoms with E-state index in [9.17, 15) is 9.90 Å². The van der Waals surface area contributed by atoms with Crippen LogP contribution in [0.1, 0.15) is 33.2 Å². The molecule has 0 atom stereocenters. The number of aromatic carboxylic acids is 1. The quantitative estimate of drug-likeness (QED) is 0.310. The number of ether oxygens (including phenoxy) is 1. The maximum Gasteiger partial charge on any atom is 0.336 e. The number of pyridine rings is 1. The summed E-state index contributed by atoms with van der Waals surface area (Å²) >= 11 is 0. The summed E-state index contributed by atoms with van der Waals surface area (Å²) in [7, 11) is 1.58. The zero-order valence-electron chi connectivity index (χ0n) is 20.9. The number of hydrogen-bond acceptors (Lipinski definition) is 7.